The smallest absolute Gasteiger partial charge is 0.313 e. The van der Waals surface area contributed by atoms with Crippen LogP contribution in [0, 0.1) is 19.7 Å². The van der Waals surface area contributed by atoms with E-state index in [9.17, 15) is 19.1 Å². The Morgan fingerprint density at radius 3 is 2.50 bits per heavy atom. The Balaban J connectivity index is 1.92. The molecule has 0 aliphatic heterocycles. The third-order valence-electron chi connectivity index (χ3n) is 3.56. The largest absolute Gasteiger partial charge is 0.386 e. The molecule has 5 nitrogen and oxygen atoms in total. The van der Waals surface area contributed by atoms with Crippen molar-refractivity contribution >= 4 is 17.5 Å². The van der Waals surface area contributed by atoms with Gasteiger partial charge in [0.2, 0.25) is 0 Å². The molecule has 126 valence electrons. The molecule has 0 spiro atoms. The molecule has 0 saturated carbocycles. The Morgan fingerprint density at radius 2 is 1.83 bits per heavy atom. The molecule has 2 rings (SSSR count). The highest BCUT2D eigenvalue weighted by Crippen LogP contribution is 2.17. The van der Waals surface area contributed by atoms with E-state index in [1.165, 1.54) is 18.2 Å². The number of aliphatic hydroxyl groups is 1. The van der Waals surface area contributed by atoms with Gasteiger partial charge in [-0.25, -0.2) is 4.39 Å². The average molecular weight is 330 g/mol. The second kappa shape index (κ2) is 7.70. The van der Waals surface area contributed by atoms with Crippen molar-refractivity contribution in [2.75, 3.05) is 11.9 Å². The van der Waals surface area contributed by atoms with E-state index in [2.05, 4.69) is 10.6 Å². The molecular formula is C18H19FN2O3. The topological polar surface area (TPSA) is 78.4 Å². The van der Waals surface area contributed by atoms with Crippen LogP contribution < -0.4 is 10.6 Å². The number of carbonyl (C=O) groups is 2. The number of anilines is 1. The maximum atomic E-state index is 13.5. The normalized spacial score (nSPS) is 11.7. The van der Waals surface area contributed by atoms with Crippen LogP contribution in [0.2, 0.25) is 0 Å². The standard InChI is InChI=1S/C18H19FN2O3/c1-11-7-8-15(12(2)9-11)21-18(24)17(23)20-10-16(22)13-5-3-4-6-14(13)19/h3-9,16,22H,10H2,1-2H3,(H,20,23)(H,21,24). The minimum Gasteiger partial charge on any atom is -0.386 e. The molecule has 2 aromatic carbocycles. The van der Waals surface area contributed by atoms with Crippen LogP contribution in [0.25, 0.3) is 0 Å². The van der Waals surface area contributed by atoms with Crippen LogP contribution in [0.15, 0.2) is 42.5 Å². The summed E-state index contributed by atoms with van der Waals surface area (Å²) in [7, 11) is 0. The third-order valence-corrected chi connectivity index (χ3v) is 3.56. The molecule has 0 aliphatic rings. The highest BCUT2D eigenvalue weighted by atomic mass is 19.1. The van der Waals surface area contributed by atoms with Crippen molar-refractivity contribution in [1.29, 1.82) is 0 Å². The van der Waals surface area contributed by atoms with Crippen LogP contribution in [0.3, 0.4) is 0 Å². The molecule has 0 radical (unpaired) electrons. The molecule has 2 aromatic rings. The molecule has 0 fully saturated rings. The zero-order chi connectivity index (χ0) is 17.7. The predicted octanol–water partition coefficient (Wildman–Crippen LogP) is 2.23. The molecular weight excluding hydrogens is 311 g/mol. The van der Waals surface area contributed by atoms with Crippen molar-refractivity contribution < 1.29 is 19.1 Å². The van der Waals surface area contributed by atoms with E-state index in [-0.39, 0.29) is 12.1 Å². The van der Waals surface area contributed by atoms with E-state index in [1.54, 1.807) is 12.1 Å². The number of benzene rings is 2. The zero-order valence-corrected chi connectivity index (χ0v) is 13.5. The molecule has 0 heterocycles. The Morgan fingerprint density at radius 1 is 1.12 bits per heavy atom. The van der Waals surface area contributed by atoms with Crippen LogP contribution in [0.5, 0.6) is 0 Å². The monoisotopic (exact) mass is 330 g/mol. The summed E-state index contributed by atoms with van der Waals surface area (Å²) in [6, 6.07) is 11.1. The van der Waals surface area contributed by atoms with Crippen LogP contribution >= 0.6 is 0 Å². The van der Waals surface area contributed by atoms with Crippen LogP contribution in [-0.4, -0.2) is 23.5 Å². The van der Waals surface area contributed by atoms with E-state index in [0.29, 0.717) is 5.69 Å². The SMILES string of the molecule is Cc1ccc(NC(=O)C(=O)NCC(O)c2ccccc2F)c(C)c1. The molecule has 1 atom stereocenters. The lowest BCUT2D eigenvalue weighted by atomic mass is 10.1. The quantitative estimate of drug-likeness (QED) is 0.752. The van der Waals surface area contributed by atoms with Gasteiger partial charge in [-0.3, -0.25) is 9.59 Å². The molecule has 0 saturated heterocycles. The fraction of sp³-hybridized carbons (Fsp3) is 0.222. The zero-order valence-electron chi connectivity index (χ0n) is 13.5. The number of rotatable bonds is 4. The van der Waals surface area contributed by atoms with Gasteiger partial charge in [0.15, 0.2) is 0 Å². The molecule has 1 unspecified atom stereocenters. The fourth-order valence-electron chi connectivity index (χ4n) is 2.26. The van der Waals surface area contributed by atoms with Gasteiger partial charge in [-0.15, -0.1) is 0 Å². The summed E-state index contributed by atoms with van der Waals surface area (Å²) in [4.78, 5) is 23.7. The Bertz CT molecular complexity index is 762. The van der Waals surface area contributed by atoms with Crippen LogP contribution in [0.4, 0.5) is 10.1 Å². The van der Waals surface area contributed by atoms with Gasteiger partial charge < -0.3 is 15.7 Å². The van der Waals surface area contributed by atoms with Gasteiger partial charge in [-0.05, 0) is 31.5 Å². The van der Waals surface area contributed by atoms with E-state index < -0.39 is 23.7 Å². The highest BCUT2D eigenvalue weighted by molar-refractivity contribution is 6.39. The first-order valence-electron chi connectivity index (χ1n) is 7.47. The van der Waals surface area contributed by atoms with Crippen molar-refractivity contribution in [3.8, 4) is 0 Å². The van der Waals surface area contributed by atoms with Crippen molar-refractivity contribution in [2.45, 2.75) is 20.0 Å². The van der Waals surface area contributed by atoms with E-state index in [0.717, 1.165) is 11.1 Å². The first kappa shape index (κ1) is 17.6. The lowest BCUT2D eigenvalue weighted by Gasteiger charge is -2.13. The molecule has 6 heteroatoms. The Labute approximate surface area is 139 Å². The number of hydrogen-bond donors (Lipinski definition) is 3. The summed E-state index contributed by atoms with van der Waals surface area (Å²) in [5.74, 6) is -2.31. The number of carbonyl (C=O) groups excluding carboxylic acids is 2. The average Bonchev–Trinajstić information content (AvgIpc) is 2.55. The summed E-state index contributed by atoms with van der Waals surface area (Å²) in [6.45, 7) is 3.48. The highest BCUT2D eigenvalue weighted by Gasteiger charge is 2.18. The van der Waals surface area contributed by atoms with Gasteiger partial charge in [0, 0.05) is 17.8 Å². The minimum atomic E-state index is -1.23. The second-order valence-corrected chi connectivity index (χ2v) is 5.52. The van der Waals surface area contributed by atoms with Crippen molar-refractivity contribution in [3.05, 3.63) is 65.0 Å². The third kappa shape index (κ3) is 4.39. The molecule has 2 amide bonds. The van der Waals surface area contributed by atoms with Crippen molar-refractivity contribution in [2.24, 2.45) is 0 Å². The molecule has 3 N–H and O–H groups in total. The summed E-state index contributed by atoms with van der Waals surface area (Å²) < 4.78 is 13.5. The molecule has 24 heavy (non-hydrogen) atoms. The molecule has 0 bridgehead atoms. The van der Waals surface area contributed by atoms with Crippen molar-refractivity contribution in [1.82, 2.24) is 5.32 Å². The predicted molar refractivity (Wildman–Crippen MR) is 88.9 cm³/mol. The number of aryl methyl sites for hydroxylation is 2. The number of amides is 2. The number of nitrogens with one attached hydrogen (secondary N) is 2. The van der Waals surface area contributed by atoms with Gasteiger partial charge in [0.1, 0.15) is 5.82 Å². The summed E-state index contributed by atoms with van der Waals surface area (Å²) >= 11 is 0. The van der Waals surface area contributed by atoms with Gasteiger partial charge in [-0.1, -0.05) is 35.9 Å². The van der Waals surface area contributed by atoms with Gasteiger partial charge in [0.05, 0.1) is 6.10 Å². The first-order chi connectivity index (χ1) is 11.4. The summed E-state index contributed by atoms with van der Waals surface area (Å²) in [5, 5.41) is 14.7. The fourth-order valence-corrected chi connectivity index (χ4v) is 2.26. The summed E-state index contributed by atoms with van der Waals surface area (Å²) in [5.41, 5.74) is 2.48. The van der Waals surface area contributed by atoms with Crippen molar-refractivity contribution in [3.63, 3.8) is 0 Å². The number of halogens is 1. The summed E-state index contributed by atoms with van der Waals surface area (Å²) in [6.07, 6.45) is -1.23. The lowest BCUT2D eigenvalue weighted by molar-refractivity contribution is -0.136. The van der Waals surface area contributed by atoms with Crippen LogP contribution in [-0.2, 0) is 9.59 Å². The lowest BCUT2D eigenvalue weighted by Crippen LogP contribution is -2.37. The Kier molecular flexibility index (Phi) is 5.65. The van der Waals surface area contributed by atoms with Gasteiger partial charge >= 0.3 is 11.8 Å². The van der Waals surface area contributed by atoms with Crippen LogP contribution in [0.1, 0.15) is 22.8 Å². The second-order valence-electron chi connectivity index (χ2n) is 5.52. The van der Waals surface area contributed by atoms with E-state index in [4.69, 9.17) is 0 Å². The van der Waals surface area contributed by atoms with E-state index in [1.807, 2.05) is 26.0 Å². The first-order valence-corrected chi connectivity index (χ1v) is 7.47. The Hall–Kier alpha value is -2.73. The number of hydrogen-bond acceptors (Lipinski definition) is 3. The maximum Gasteiger partial charge on any atom is 0.313 e. The van der Waals surface area contributed by atoms with Gasteiger partial charge in [0.25, 0.3) is 0 Å². The minimum absolute atomic E-state index is 0.0626. The van der Waals surface area contributed by atoms with Gasteiger partial charge in [-0.2, -0.15) is 0 Å². The molecule has 0 aliphatic carbocycles. The molecule has 0 aromatic heterocycles. The number of aliphatic hydroxyl groups excluding tert-OH is 1. The maximum absolute atomic E-state index is 13.5. The van der Waals surface area contributed by atoms with E-state index >= 15 is 0 Å².